The van der Waals surface area contributed by atoms with Crippen LogP contribution in [0.4, 0.5) is 17.1 Å². The molecule has 0 bridgehead atoms. The molecule has 9 nitrogen and oxygen atoms in total. The first-order valence-corrected chi connectivity index (χ1v) is 10.9. The van der Waals surface area contributed by atoms with Crippen LogP contribution < -0.4 is 15.1 Å². The van der Waals surface area contributed by atoms with Crippen LogP contribution in [0.3, 0.4) is 0 Å². The second kappa shape index (κ2) is 9.37. The summed E-state index contributed by atoms with van der Waals surface area (Å²) in [4.78, 5) is 19.0. The van der Waals surface area contributed by atoms with Crippen LogP contribution in [0.5, 0.6) is 0 Å². The molecule has 32 heavy (non-hydrogen) atoms. The zero-order valence-corrected chi connectivity index (χ0v) is 17.8. The lowest BCUT2D eigenvalue weighted by Gasteiger charge is -2.33. The fourth-order valence-corrected chi connectivity index (χ4v) is 3.95. The van der Waals surface area contributed by atoms with Crippen molar-refractivity contribution >= 4 is 23.0 Å². The fraction of sp³-hybridized carbons (Fsp3) is 0.348. The monoisotopic (exact) mass is 434 g/mol. The molecule has 2 saturated heterocycles. The minimum Gasteiger partial charge on any atom is -0.378 e. The lowest BCUT2D eigenvalue weighted by molar-refractivity contribution is 0.102. The Morgan fingerprint density at radius 3 is 2.25 bits per heavy atom. The largest absolute Gasteiger partial charge is 0.378 e. The Bertz CT molecular complexity index is 1060. The molecule has 0 radical (unpaired) electrons. The van der Waals surface area contributed by atoms with E-state index in [-0.39, 0.29) is 11.6 Å². The van der Waals surface area contributed by atoms with Crippen LogP contribution in [0.15, 0.2) is 54.7 Å². The van der Waals surface area contributed by atoms with E-state index < -0.39 is 0 Å². The third-order valence-corrected chi connectivity index (χ3v) is 5.67. The first-order chi connectivity index (χ1) is 15.8. The number of amides is 1. The molecule has 2 aliphatic rings. The van der Waals surface area contributed by atoms with Crippen molar-refractivity contribution in [2.24, 2.45) is 0 Å². The Balaban J connectivity index is 1.39. The van der Waals surface area contributed by atoms with Crippen LogP contribution in [-0.2, 0) is 9.47 Å². The summed E-state index contributed by atoms with van der Waals surface area (Å²) in [5.74, 6) is -0.291. The van der Waals surface area contributed by atoms with Gasteiger partial charge in [-0.1, -0.05) is 18.2 Å². The number of carbonyl (C=O) groups is 1. The molecular formula is C23H26N6O3. The lowest BCUT2D eigenvalue weighted by Crippen LogP contribution is -2.38. The van der Waals surface area contributed by atoms with E-state index >= 15 is 0 Å². The number of para-hydroxylation sites is 1. The number of nitrogens with one attached hydrogen (secondary N) is 1. The Morgan fingerprint density at radius 2 is 1.53 bits per heavy atom. The maximum atomic E-state index is 13.0. The summed E-state index contributed by atoms with van der Waals surface area (Å²) < 4.78 is 11.0. The van der Waals surface area contributed by atoms with Crippen molar-refractivity contribution in [2.75, 3.05) is 67.7 Å². The molecule has 3 aromatic rings. The van der Waals surface area contributed by atoms with Crippen molar-refractivity contribution in [3.05, 3.63) is 60.4 Å². The van der Waals surface area contributed by atoms with Gasteiger partial charge in [0.1, 0.15) is 0 Å². The number of benzene rings is 2. The van der Waals surface area contributed by atoms with E-state index in [9.17, 15) is 4.79 Å². The molecule has 2 fully saturated rings. The molecule has 2 aliphatic heterocycles. The van der Waals surface area contributed by atoms with Crippen molar-refractivity contribution < 1.29 is 14.3 Å². The van der Waals surface area contributed by atoms with Crippen LogP contribution in [0.2, 0.25) is 0 Å². The third kappa shape index (κ3) is 4.44. The van der Waals surface area contributed by atoms with E-state index in [1.165, 1.54) is 11.0 Å². The number of aromatic nitrogens is 3. The van der Waals surface area contributed by atoms with Gasteiger partial charge in [-0.3, -0.25) is 4.79 Å². The van der Waals surface area contributed by atoms with Crippen LogP contribution in [0.25, 0.3) is 5.69 Å². The molecule has 5 rings (SSSR count). The topological polar surface area (TPSA) is 84.8 Å². The molecule has 166 valence electrons. The maximum absolute atomic E-state index is 13.0. The van der Waals surface area contributed by atoms with Gasteiger partial charge in [0.15, 0.2) is 5.69 Å². The number of rotatable bonds is 5. The van der Waals surface area contributed by atoms with Crippen molar-refractivity contribution in [3.8, 4) is 5.69 Å². The van der Waals surface area contributed by atoms with E-state index in [4.69, 9.17) is 9.47 Å². The summed E-state index contributed by atoms with van der Waals surface area (Å²) in [6.07, 6.45) is 1.48. The van der Waals surface area contributed by atoms with Crippen LogP contribution in [0, 0.1) is 0 Å². The van der Waals surface area contributed by atoms with Crippen LogP contribution in [-0.4, -0.2) is 73.5 Å². The third-order valence-electron chi connectivity index (χ3n) is 5.67. The fourth-order valence-electron chi connectivity index (χ4n) is 3.95. The zero-order valence-electron chi connectivity index (χ0n) is 17.8. The Morgan fingerprint density at radius 1 is 0.844 bits per heavy atom. The van der Waals surface area contributed by atoms with Crippen LogP contribution in [0.1, 0.15) is 10.5 Å². The summed E-state index contributed by atoms with van der Waals surface area (Å²) in [7, 11) is 0. The van der Waals surface area contributed by atoms with Gasteiger partial charge in [0.2, 0.25) is 0 Å². The lowest BCUT2D eigenvalue weighted by atomic mass is 10.1. The van der Waals surface area contributed by atoms with Gasteiger partial charge in [-0.15, -0.1) is 5.10 Å². The number of carbonyl (C=O) groups excluding carboxylic acids is 1. The van der Waals surface area contributed by atoms with E-state index in [0.29, 0.717) is 13.2 Å². The smallest absolute Gasteiger partial charge is 0.277 e. The highest BCUT2D eigenvalue weighted by Gasteiger charge is 2.21. The van der Waals surface area contributed by atoms with E-state index in [1.807, 2.05) is 42.5 Å². The summed E-state index contributed by atoms with van der Waals surface area (Å²) in [5, 5.41) is 11.6. The van der Waals surface area contributed by atoms with Gasteiger partial charge in [-0.2, -0.15) is 9.90 Å². The molecule has 0 aliphatic carbocycles. The van der Waals surface area contributed by atoms with Crippen molar-refractivity contribution in [3.63, 3.8) is 0 Å². The standard InChI is InChI=1S/C23H26N6O3/c30-23(21-17-24-29(26-21)18-4-2-1-3-5-18)25-20-7-6-19(27-8-12-31-13-9-27)16-22(20)28-10-14-32-15-11-28/h1-7,16-17H,8-15H2,(H,25,30). The van der Waals surface area contributed by atoms with E-state index in [2.05, 4.69) is 31.4 Å². The molecular weight excluding hydrogens is 408 g/mol. The Labute approximate surface area is 186 Å². The number of ether oxygens (including phenoxy) is 2. The molecule has 0 saturated carbocycles. The molecule has 2 aromatic carbocycles. The van der Waals surface area contributed by atoms with E-state index in [0.717, 1.165) is 62.1 Å². The molecule has 9 heteroatoms. The van der Waals surface area contributed by atoms with Gasteiger partial charge in [-0.05, 0) is 30.3 Å². The molecule has 0 unspecified atom stereocenters. The van der Waals surface area contributed by atoms with Gasteiger partial charge < -0.3 is 24.6 Å². The second-order valence-corrected chi connectivity index (χ2v) is 7.71. The molecule has 0 atom stereocenters. The predicted molar refractivity (Wildman–Crippen MR) is 122 cm³/mol. The molecule has 1 amide bonds. The highest BCUT2D eigenvalue weighted by molar-refractivity contribution is 6.04. The van der Waals surface area contributed by atoms with Gasteiger partial charge >= 0.3 is 0 Å². The molecule has 1 N–H and O–H groups in total. The summed E-state index contributed by atoms with van der Waals surface area (Å²) in [5.41, 5.74) is 3.93. The summed E-state index contributed by atoms with van der Waals surface area (Å²) in [6.45, 7) is 6.05. The Kier molecular flexibility index (Phi) is 6.00. The molecule has 3 heterocycles. The molecule has 1 aromatic heterocycles. The maximum Gasteiger partial charge on any atom is 0.277 e. The van der Waals surface area contributed by atoms with E-state index in [1.54, 1.807) is 0 Å². The predicted octanol–water partition coefficient (Wildman–Crippen LogP) is 2.19. The summed E-state index contributed by atoms with van der Waals surface area (Å²) in [6, 6.07) is 15.7. The van der Waals surface area contributed by atoms with Gasteiger partial charge in [0.05, 0.1) is 49.7 Å². The number of nitrogens with zero attached hydrogens (tertiary/aromatic N) is 5. The van der Waals surface area contributed by atoms with Crippen molar-refractivity contribution in [2.45, 2.75) is 0 Å². The first kappa shape index (κ1) is 20.5. The zero-order chi connectivity index (χ0) is 21.8. The average Bonchev–Trinajstić information content (AvgIpc) is 3.37. The second-order valence-electron chi connectivity index (χ2n) is 7.71. The van der Waals surface area contributed by atoms with Gasteiger partial charge in [0.25, 0.3) is 5.91 Å². The number of anilines is 3. The van der Waals surface area contributed by atoms with Crippen LogP contribution >= 0.6 is 0 Å². The normalized spacial score (nSPS) is 16.8. The van der Waals surface area contributed by atoms with Gasteiger partial charge in [0, 0.05) is 31.9 Å². The van der Waals surface area contributed by atoms with Crippen molar-refractivity contribution in [1.29, 1.82) is 0 Å². The van der Waals surface area contributed by atoms with Crippen molar-refractivity contribution in [1.82, 2.24) is 15.0 Å². The molecule has 0 spiro atoms. The average molecular weight is 435 g/mol. The summed E-state index contributed by atoms with van der Waals surface area (Å²) >= 11 is 0. The highest BCUT2D eigenvalue weighted by Crippen LogP contribution is 2.32. The quantitative estimate of drug-likeness (QED) is 0.659. The number of hydrogen-bond donors (Lipinski definition) is 1. The minimum absolute atomic E-state index is 0.263. The SMILES string of the molecule is O=C(Nc1ccc(N2CCOCC2)cc1N1CCOCC1)c1cnn(-c2ccccc2)n1. The minimum atomic E-state index is -0.291. The number of hydrogen-bond acceptors (Lipinski definition) is 7. The highest BCUT2D eigenvalue weighted by atomic mass is 16.5. The number of morpholine rings is 2. The first-order valence-electron chi connectivity index (χ1n) is 10.9. The van der Waals surface area contributed by atoms with Gasteiger partial charge in [-0.25, -0.2) is 0 Å². The Hall–Kier alpha value is -3.43.